The quantitative estimate of drug-likeness (QED) is 0.824. The Balaban J connectivity index is 1.51. The van der Waals surface area contributed by atoms with Crippen molar-refractivity contribution < 1.29 is 14.3 Å². The molecule has 0 radical (unpaired) electrons. The summed E-state index contributed by atoms with van der Waals surface area (Å²) in [6, 6.07) is 7.86. The van der Waals surface area contributed by atoms with Crippen molar-refractivity contribution in [3.05, 3.63) is 47.8 Å². The SMILES string of the molecule is CCOC(=O)N1CCC(NC(=O)c2cnc(Nc3ccccc3C)nc2)CC1. The summed E-state index contributed by atoms with van der Waals surface area (Å²) in [5.74, 6) is 0.227. The van der Waals surface area contributed by atoms with Crippen LogP contribution in [0.5, 0.6) is 0 Å². The first-order valence-corrected chi connectivity index (χ1v) is 9.44. The Morgan fingerprint density at radius 2 is 1.86 bits per heavy atom. The monoisotopic (exact) mass is 383 g/mol. The summed E-state index contributed by atoms with van der Waals surface area (Å²) in [5.41, 5.74) is 2.42. The van der Waals surface area contributed by atoms with E-state index in [1.165, 1.54) is 12.4 Å². The van der Waals surface area contributed by atoms with E-state index in [0.717, 1.165) is 11.3 Å². The van der Waals surface area contributed by atoms with Gasteiger partial charge in [0.05, 0.1) is 12.2 Å². The van der Waals surface area contributed by atoms with Gasteiger partial charge in [0.25, 0.3) is 5.91 Å². The van der Waals surface area contributed by atoms with Gasteiger partial charge in [-0.05, 0) is 38.3 Å². The molecule has 0 unspecified atom stereocenters. The molecule has 1 aromatic heterocycles. The Kier molecular flexibility index (Phi) is 6.41. The van der Waals surface area contributed by atoms with Gasteiger partial charge in [0.2, 0.25) is 5.95 Å². The molecule has 2 aromatic rings. The van der Waals surface area contributed by atoms with E-state index in [-0.39, 0.29) is 18.0 Å². The molecule has 2 N–H and O–H groups in total. The van der Waals surface area contributed by atoms with E-state index >= 15 is 0 Å². The van der Waals surface area contributed by atoms with Crippen LogP contribution in [-0.4, -0.2) is 52.6 Å². The van der Waals surface area contributed by atoms with Crippen LogP contribution in [0.15, 0.2) is 36.7 Å². The van der Waals surface area contributed by atoms with Gasteiger partial charge in [-0.2, -0.15) is 0 Å². The number of anilines is 2. The molecule has 0 atom stereocenters. The number of hydrogen-bond donors (Lipinski definition) is 2. The number of carbonyl (C=O) groups excluding carboxylic acids is 2. The molecule has 0 spiro atoms. The lowest BCUT2D eigenvalue weighted by molar-refractivity contribution is 0.0859. The number of aryl methyl sites for hydroxylation is 1. The number of nitrogens with zero attached hydrogens (tertiary/aromatic N) is 3. The van der Waals surface area contributed by atoms with Crippen molar-refractivity contribution >= 4 is 23.6 Å². The predicted molar refractivity (Wildman–Crippen MR) is 106 cm³/mol. The normalized spacial score (nSPS) is 14.4. The van der Waals surface area contributed by atoms with E-state index in [1.54, 1.807) is 11.8 Å². The third-order valence-electron chi connectivity index (χ3n) is 4.66. The minimum atomic E-state index is -0.294. The summed E-state index contributed by atoms with van der Waals surface area (Å²) in [6.45, 7) is 5.29. The number of likely N-dealkylation sites (tertiary alicyclic amines) is 1. The van der Waals surface area contributed by atoms with Crippen molar-refractivity contribution in [2.45, 2.75) is 32.7 Å². The van der Waals surface area contributed by atoms with Crippen LogP contribution in [0.25, 0.3) is 0 Å². The number of ether oxygens (including phenoxy) is 1. The van der Waals surface area contributed by atoms with Crippen molar-refractivity contribution in [2.24, 2.45) is 0 Å². The Bertz CT molecular complexity index is 817. The largest absolute Gasteiger partial charge is 0.450 e. The van der Waals surface area contributed by atoms with Gasteiger partial charge in [-0.3, -0.25) is 4.79 Å². The summed E-state index contributed by atoms with van der Waals surface area (Å²) in [4.78, 5) is 34.3. The van der Waals surface area contributed by atoms with Gasteiger partial charge in [0.15, 0.2) is 0 Å². The summed E-state index contributed by atoms with van der Waals surface area (Å²) >= 11 is 0. The summed E-state index contributed by atoms with van der Waals surface area (Å²) in [5, 5.41) is 6.13. The highest BCUT2D eigenvalue weighted by Crippen LogP contribution is 2.17. The molecule has 0 saturated carbocycles. The number of amides is 2. The van der Waals surface area contributed by atoms with E-state index in [4.69, 9.17) is 4.74 Å². The highest BCUT2D eigenvalue weighted by molar-refractivity contribution is 5.93. The lowest BCUT2D eigenvalue weighted by Gasteiger charge is -2.31. The molecule has 2 heterocycles. The summed E-state index contributed by atoms with van der Waals surface area (Å²) in [6.07, 6.45) is 4.11. The predicted octanol–water partition coefficient (Wildman–Crippen LogP) is 2.88. The number of benzene rings is 1. The van der Waals surface area contributed by atoms with E-state index in [9.17, 15) is 9.59 Å². The first-order valence-electron chi connectivity index (χ1n) is 9.44. The maximum absolute atomic E-state index is 12.4. The lowest BCUT2D eigenvalue weighted by atomic mass is 10.1. The molecule has 1 saturated heterocycles. The van der Waals surface area contributed by atoms with Crippen LogP contribution in [0, 0.1) is 6.92 Å². The molecule has 3 rings (SSSR count). The first kappa shape index (κ1) is 19.6. The molecule has 1 aliphatic heterocycles. The zero-order valence-corrected chi connectivity index (χ0v) is 16.1. The second kappa shape index (κ2) is 9.16. The van der Waals surface area contributed by atoms with Crippen LogP contribution in [-0.2, 0) is 4.74 Å². The molecule has 0 aliphatic carbocycles. The molecule has 1 fully saturated rings. The van der Waals surface area contributed by atoms with Crippen molar-refractivity contribution in [3.8, 4) is 0 Å². The third-order valence-corrected chi connectivity index (χ3v) is 4.66. The number of para-hydroxylation sites is 1. The molecule has 0 bridgehead atoms. The van der Waals surface area contributed by atoms with Crippen LogP contribution in [0.1, 0.15) is 35.7 Å². The van der Waals surface area contributed by atoms with Gasteiger partial charge >= 0.3 is 6.09 Å². The zero-order valence-electron chi connectivity index (χ0n) is 16.1. The molecule has 2 amide bonds. The zero-order chi connectivity index (χ0) is 19.9. The number of aromatic nitrogens is 2. The molecular formula is C20H25N5O3. The van der Waals surface area contributed by atoms with Gasteiger partial charge in [0.1, 0.15) is 0 Å². The maximum atomic E-state index is 12.4. The molecule has 148 valence electrons. The van der Waals surface area contributed by atoms with Crippen molar-refractivity contribution in [1.29, 1.82) is 0 Å². The number of hydrogen-bond acceptors (Lipinski definition) is 6. The summed E-state index contributed by atoms with van der Waals surface area (Å²) < 4.78 is 5.01. The first-order chi connectivity index (χ1) is 13.6. The van der Waals surface area contributed by atoms with E-state index in [2.05, 4.69) is 20.6 Å². The lowest BCUT2D eigenvalue weighted by Crippen LogP contribution is -2.46. The fourth-order valence-corrected chi connectivity index (χ4v) is 3.03. The molecule has 1 aromatic carbocycles. The maximum Gasteiger partial charge on any atom is 0.409 e. The van der Waals surface area contributed by atoms with Crippen molar-refractivity contribution in [3.63, 3.8) is 0 Å². The Labute approximate surface area is 164 Å². The van der Waals surface area contributed by atoms with Gasteiger partial charge in [-0.1, -0.05) is 18.2 Å². The minimum absolute atomic E-state index is 0.0166. The Hall–Kier alpha value is -3.16. The van der Waals surface area contributed by atoms with Gasteiger partial charge < -0.3 is 20.3 Å². The third kappa shape index (κ3) is 4.97. The van der Waals surface area contributed by atoms with Crippen LogP contribution >= 0.6 is 0 Å². The molecular weight excluding hydrogens is 358 g/mol. The molecule has 8 heteroatoms. The average Bonchev–Trinajstić information content (AvgIpc) is 2.71. The standard InChI is InChI=1S/C20H25N5O3/c1-3-28-20(27)25-10-8-16(9-11-25)23-18(26)15-12-21-19(22-13-15)24-17-7-5-4-6-14(17)2/h4-7,12-13,16H,3,8-11H2,1-2H3,(H,23,26)(H,21,22,24). The second-order valence-electron chi connectivity index (χ2n) is 6.67. The van der Waals surface area contributed by atoms with E-state index in [0.29, 0.717) is 44.0 Å². The number of rotatable bonds is 5. The van der Waals surface area contributed by atoms with Gasteiger partial charge in [-0.25, -0.2) is 14.8 Å². The Morgan fingerprint density at radius 1 is 1.18 bits per heavy atom. The number of carbonyl (C=O) groups is 2. The molecule has 28 heavy (non-hydrogen) atoms. The van der Waals surface area contributed by atoms with Gasteiger partial charge in [0, 0.05) is 37.2 Å². The topological polar surface area (TPSA) is 96.5 Å². The van der Waals surface area contributed by atoms with Crippen molar-refractivity contribution in [1.82, 2.24) is 20.2 Å². The highest BCUT2D eigenvalue weighted by atomic mass is 16.6. The van der Waals surface area contributed by atoms with Crippen LogP contribution in [0.2, 0.25) is 0 Å². The van der Waals surface area contributed by atoms with Crippen LogP contribution < -0.4 is 10.6 Å². The molecule has 8 nitrogen and oxygen atoms in total. The fraction of sp³-hybridized carbons (Fsp3) is 0.400. The summed E-state index contributed by atoms with van der Waals surface area (Å²) in [7, 11) is 0. The van der Waals surface area contributed by atoms with E-state index < -0.39 is 0 Å². The number of nitrogens with one attached hydrogen (secondary N) is 2. The smallest absolute Gasteiger partial charge is 0.409 e. The van der Waals surface area contributed by atoms with Crippen molar-refractivity contribution in [2.75, 3.05) is 25.0 Å². The number of piperidine rings is 1. The van der Waals surface area contributed by atoms with E-state index in [1.807, 2.05) is 31.2 Å². The minimum Gasteiger partial charge on any atom is -0.450 e. The fourth-order valence-electron chi connectivity index (χ4n) is 3.03. The van der Waals surface area contributed by atoms with Gasteiger partial charge in [-0.15, -0.1) is 0 Å². The van der Waals surface area contributed by atoms with Crippen LogP contribution in [0.4, 0.5) is 16.4 Å². The second-order valence-corrected chi connectivity index (χ2v) is 6.67. The van der Waals surface area contributed by atoms with Crippen LogP contribution in [0.3, 0.4) is 0 Å². The highest BCUT2D eigenvalue weighted by Gasteiger charge is 2.25. The average molecular weight is 383 g/mol. The molecule has 1 aliphatic rings. The Morgan fingerprint density at radius 3 is 2.50 bits per heavy atom.